The third-order valence-corrected chi connectivity index (χ3v) is 4.97. The number of benzene rings is 1. The first-order valence-corrected chi connectivity index (χ1v) is 8.07. The van der Waals surface area contributed by atoms with Crippen LogP contribution in [-0.4, -0.2) is 11.5 Å². The van der Waals surface area contributed by atoms with Crippen LogP contribution < -0.4 is 5.32 Å². The Bertz CT molecular complexity index is 626. The number of hydrogen-bond acceptors (Lipinski definition) is 3. The summed E-state index contributed by atoms with van der Waals surface area (Å²) < 4.78 is 14.0. The largest absolute Gasteiger partial charge is 0.309 e. The van der Waals surface area contributed by atoms with E-state index < -0.39 is 0 Å². The Balaban J connectivity index is 2.00. The minimum absolute atomic E-state index is 0.302. The van der Waals surface area contributed by atoms with Gasteiger partial charge in [0, 0.05) is 15.5 Å². The van der Waals surface area contributed by atoms with Crippen molar-refractivity contribution < 1.29 is 4.39 Å². The minimum Gasteiger partial charge on any atom is -0.309 e. The monoisotopic (exact) mass is 310 g/mol. The Morgan fingerprint density at radius 1 is 1.50 bits per heavy atom. The first-order chi connectivity index (χ1) is 9.69. The minimum atomic E-state index is -0.302. The topological polar surface area (TPSA) is 24.9 Å². The number of aryl methyl sites for hydroxylation is 1. The van der Waals surface area contributed by atoms with Crippen LogP contribution >= 0.6 is 22.9 Å². The summed E-state index contributed by atoms with van der Waals surface area (Å²) in [5.74, 6) is -0.302. The molecule has 0 saturated carbocycles. The van der Waals surface area contributed by atoms with E-state index in [1.165, 1.54) is 10.9 Å². The molecule has 1 N–H and O–H groups in total. The molecule has 1 aromatic carbocycles. The van der Waals surface area contributed by atoms with Crippen molar-refractivity contribution in [2.24, 2.45) is 0 Å². The van der Waals surface area contributed by atoms with Crippen molar-refractivity contribution in [3.8, 4) is 10.6 Å². The second-order valence-corrected chi connectivity index (χ2v) is 6.47. The number of rotatable bonds is 3. The number of thiazole rings is 1. The van der Waals surface area contributed by atoms with Gasteiger partial charge in [0.25, 0.3) is 0 Å². The second kappa shape index (κ2) is 5.80. The van der Waals surface area contributed by atoms with Crippen molar-refractivity contribution in [3.05, 3.63) is 39.6 Å². The molecule has 0 spiro atoms. The zero-order valence-electron chi connectivity index (χ0n) is 11.2. The van der Waals surface area contributed by atoms with E-state index >= 15 is 0 Å². The normalized spacial score (nSPS) is 18.1. The lowest BCUT2D eigenvalue weighted by atomic mass is 9.97. The molecule has 0 fully saturated rings. The van der Waals surface area contributed by atoms with E-state index in [1.54, 1.807) is 23.5 Å². The Labute approximate surface area is 127 Å². The lowest BCUT2D eigenvalue weighted by molar-refractivity contribution is 0.465. The summed E-state index contributed by atoms with van der Waals surface area (Å²) in [6.45, 7) is 3.02. The van der Waals surface area contributed by atoms with Crippen LogP contribution in [0, 0.1) is 5.82 Å². The van der Waals surface area contributed by atoms with Gasteiger partial charge in [-0.25, -0.2) is 9.37 Å². The molecule has 0 amide bonds. The molecule has 1 heterocycles. The molecular formula is C15H16ClFN2S. The summed E-state index contributed by atoms with van der Waals surface area (Å²) in [6.07, 6.45) is 3.31. The Kier molecular flexibility index (Phi) is 4.06. The van der Waals surface area contributed by atoms with E-state index in [-0.39, 0.29) is 5.82 Å². The van der Waals surface area contributed by atoms with Crippen LogP contribution in [0.5, 0.6) is 0 Å². The number of fused-ring (bicyclic) bond motifs is 1. The van der Waals surface area contributed by atoms with E-state index in [9.17, 15) is 4.39 Å². The van der Waals surface area contributed by atoms with Crippen LogP contribution in [0.2, 0.25) is 5.02 Å². The van der Waals surface area contributed by atoms with Crippen molar-refractivity contribution in [2.45, 2.75) is 32.2 Å². The van der Waals surface area contributed by atoms with Gasteiger partial charge in [0.05, 0.1) is 11.7 Å². The predicted octanol–water partition coefficient (Wildman–Crippen LogP) is 4.59. The molecule has 0 bridgehead atoms. The summed E-state index contributed by atoms with van der Waals surface area (Å²) in [6, 6.07) is 5.08. The zero-order chi connectivity index (χ0) is 14.1. The predicted molar refractivity (Wildman–Crippen MR) is 81.9 cm³/mol. The third-order valence-electron chi connectivity index (χ3n) is 3.57. The summed E-state index contributed by atoms with van der Waals surface area (Å²) in [4.78, 5) is 5.97. The van der Waals surface area contributed by atoms with Gasteiger partial charge in [0.2, 0.25) is 0 Å². The highest BCUT2D eigenvalue weighted by Gasteiger charge is 2.25. The molecule has 2 aromatic rings. The Morgan fingerprint density at radius 2 is 2.35 bits per heavy atom. The highest BCUT2D eigenvalue weighted by molar-refractivity contribution is 7.15. The van der Waals surface area contributed by atoms with Gasteiger partial charge in [-0.05, 0) is 44.0 Å². The van der Waals surface area contributed by atoms with E-state index in [2.05, 4.69) is 17.2 Å². The second-order valence-electron chi connectivity index (χ2n) is 4.95. The standard InChI is InChI=1S/C15H16ClFN2S/c1-2-18-12-4-3-5-13-14(12)19-15(20-13)10-7-6-9(16)8-11(10)17/h6-8,12,18H,2-5H2,1H3. The maximum Gasteiger partial charge on any atom is 0.134 e. The van der Waals surface area contributed by atoms with Crippen molar-refractivity contribution in [1.29, 1.82) is 0 Å². The summed E-state index contributed by atoms with van der Waals surface area (Å²) in [5, 5.41) is 4.63. The number of halogens is 2. The van der Waals surface area contributed by atoms with Crippen molar-refractivity contribution in [2.75, 3.05) is 6.54 Å². The molecule has 106 valence electrons. The van der Waals surface area contributed by atoms with Gasteiger partial charge in [0.15, 0.2) is 0 Å². The molecule has 2 nitrogen and oxygen atoms in total. The maximum absolute atomic E-state index is 14.0. The maximum atomic E-state index is 14.0. The lowest BCUT2D eigenvalue weighted by Gasteiger charge is -2.21. The lowest BCUT2D eigenvalue weighted by Crippen LogP contribution is -2.24. The summed E-state index contributed by atoms with van der Waals surface area (Å²) in [5.41, 5.74) is 1.65. The molecule has 0 radical (unpaired) electrons. The van der Waals surface area contributed by atoms with Crippen LogP contribution in [0.4, 0.5) is 4.39 Å². The van der Waals surface area contributed by atoms with Gasteiger partial charge in [-0.1, -0.05) is 18.5 Å². The van der Waals surface area contributed by atoms with Gasteiger partial charge in [-0.15, -0.1) is 11.3 Å². The molecule has 1 aliphatic rings. The molecule has 1 unspecified atom stereocenters. The van der Waals surface area contributed by atoms with Crippen LogP contribution in [0.1, 0.15) is 36.4 Å². The highest BCUT2D eigenvalue weighted by atomic mass is 35.5. The molecule has 0 saturated heterocycles. The van der Waals surface area contributed by atoms with Crippen LogP contribution in [0.15, 0.2) is 18.2 Å². The number of hydrogen-bond donors (Lipinski definition) is 1. The average molecular weight is 311 g/mol. The molecule has 1 aliphatic carbocycles. The molecule has 3 rings (SSSR count). The van der Waals surface area contributed by atoms with Crippen molar-refractivity contribution in [1.82, 2.24) is 10.3 Å². The summed E-state index contributed by atoms with van der Waals surface area (Å²) >= 11 is 7.41. The van der Waals surface area contributed by atoms with E-state index in [0.29, 0.717) is 16.6 Å². The molecule has 1 aromatic heterocycles. The highest BCUT2D eigenvalue weighted by Crippen LogP contribution is 2.38. The number of aromatic nitrogens is 1. The Morgan fingerprint density at radius 3 is 3.10 bits per heavy atom. The summed E-state index contributed by atoms with van der Waals surface area (Å²) in [7, 11) is 0. The van der Waals surface area contributed by atoms with Gasteiger partial charge < -0.3 is 5.32 Å². The number of nitrogens with one attached hydrogen (secondary N) is 1. The molecular weight excluding hydrogens is 295 g/mol. The molecule has 0 aliphatic heterocycles. The third kappa shape index (κ3) is 2.60. The molecule has 5 heteroatoms. The first-order valence-electron chi connectivity index (χ1n) is 6.87. The van der Waals surface area contributed by atoms with Gasteiger partial charge in [0.1, 0.15) is 10.8 Å². The molecule has 1 atom stereocenters. The first kappa shape index (κ1) is 14.0. The van der Waals surface area contributed by atoms with Crippen LogP contribution in [-0.2, 0) is 6.42 Å². The van der Waals surface area contributed by atoms with Gasteiger partial charge in [-0.2, -0.15) is 0 Å². The SMILES string of the molecule is CCNC1CCCc2sc(-c3ccc(Cl)cc3F)nc21. The Hall–Kier alpha value is -0.970. The van der Waals surface area contributed by atoms with Gasteiger partial charge >= 0.3 is 0 Å². The fourth-order valence-corrected chi connectivity index (χ4v) is 3.99. The average Bonchev–Trinajstić information content (AvgIpc) is 2.83. The van der Waals surface area contributed by atoms with Crippen LogP contribution in [0.25, 0.3) is 10.6 Å². The van der Waals surface area contributed by atoms with Crippen molar-refractivity contribution >= 4 is 22.9 Å². The van der Waals surface area contributed by atoms with E-state index in [4.69, 9.17) is 11.6 Å². The fourth-order valence-electron chi connectivity index (χ4n) is 2.64. The molecule has 20 heavy (non-hydrogen) atoms. The van der Waals surface area contributed by atoms with Crippen LogP contribution in [0.3, 0.4) is 0 Å². The van der Waals surface area contributed by atoms with E-state index in [1.807, 2.05) is 0 Å². The number of nitrogens with zero attached hydrogens (tertiary/aromatic N) is 1. The van der Waals surface area contributed by atoms with Crippen molar-refractivity contribution in [3.63, 3.8) is 0 Å². The quantitative estimate of drug-likeness (QED) is 0.897. The smallest absolute Gasteiger partial charge is 0.134 e. The van der Waals surface area contributed by atoms with E-state index in [0.717, 1.165) is 36.5 Å². The fraction of sp³-hybridized carbons (Fsp3) is 0.400. The van der Waals surface area contributed by atoms with Gasteiger partial charge in [-0.3, -0.25) is 0 Å². The zero-order valence-corrected chi connectivity index (χ0v) is 12.8.